The first-order valence-corrected chi connectivity index (χ1v) is 9.30. The fourth-order valence-electron chi connectivity index (χ4n) is 3.80. The second-order valence-electron chi connectivity index (χ2n) is 7.35. The van der Waals surface area contributed by atoms with Gasteiger partial charge in [-0.25, -0.2) is 8.78 Å². The summed E-state index contributed by atoms with van der Waals surface area (Å²) in [6.07, 6.45) is 1.43. The lowest BCUT2D eigenvalue weighted by atomic mass is 9.90. The number of benzene rings is 2. The maximum Gasteiger partial charge on any atom is 0.255 e. The number of rotatable bonds is 3. The highest BCUT2D eigenvalue weighted by Gasteiger charge is 2.40. The number of halogens is 2. The number of ether oxygens (including phenoxy) is 2. The summed E-state index contributed by atoms with van der Waals surface area (Å²) < 4.78 is 38.1. The third-order valence-corrected chi connectivity index (χ3v) is 5.49. The fraction of sp³-hybridized carbons (Fsp3) is 0.381. The molecule has 1 spiro atoms. The van der Waals surface area contributed by atoms with Gasteiger partial charge >= 0.3 is 0 Å². The van der Waals surface area contributed by atoms with E-state index < -0.39 is 17.2 Å². The number of methoxy groups -OCH3 is 1. The van der Waals surface area contributed by atoms with Gasteiger partial charge in [-0.3, -0.25) is 9.69 Å². The third-order valence-electron chi connectivity index (χ3n) is 5.49. The zero-order chi connectivity index (χ0) is 19.7. The number of carbonyl (C=O) groups excluding carboxylic acids is 1. The van der Waals surface area contributed by atoms with Crippen molar-refractivity contribution in [1.82, 2.24) is 10.2 Å². The Hall–Kier alpha value is -2.67. The molecule has 0 aromatic heterocycles. The zero-order valence-corrected chi connectivity index (χ0v) is 15.6. The van der Waals surface area contributed by atoms with Gasteiger partial charge in [0.25, 0.3) is 5.91 Å². The van der Waals surface area contributed by atoms with Gasteiger partial charge in [0.2, 0.25) is 0 Å². The molecule has 1 N–H and O–H groups in total. The summed E-state index contributed by atoms with van der Waals surface area (Å²) in [5.74, 6) is -0.647. The van der Waals surface area contributed by atoms with Gasteiger partial charge < -0.3 is 14.8 Å². The molecule has 0 radical (unpaired) electrons. The summed E-state index contributed by atoms with van der Waals surface area (Å²) >= 11 is 0. The Morgan fingerprint density at radius 3 is 2.64 bits per heavy atom. The Morgan fingerprint density at radius 2 is 1.93 bits per heavy atom. The van der Waals surface area contributed by atoms with Crippen LogP contribution in [0.15, 0.2) is 36.4 Å². The molecule has 2 aliphatic heterocycles. The van der Waals surface area contributed by atoms with E-state index in [4.69, 9.17) is 9.47 Å². The van der Waals surface area contributed by atoms with E-state index >= 15 is 0 Å². The number of hydrogen-bond acceptors (Lipinski definition) is 4. The van der Waals surface area contributed by atoms with E-state index in [2.05, 4.69) is 10.2 Å². The van der Waals surface area contributed by atoms with Gasteiger partial charge in [0.05, 0.1) is 19.2 Å². The van der Waals surface area contributed by atoms with Crippen LogP contribution in [0, 0.1) is 11.6 Å². The predicted octanol–water partition coefficient (Wildman–Crippen LogP) is 3.13. The van der Waals surface area contributed by atoms with Crippen LogP contribution in [0.2, 0.25) is 0 Å². The number of hydrogen-bond donors (Lipinski definition) is 1. The van der Waals surface area contributed by atoms with Gasteiger partial charge in [-0.05, 0) is 29.8 Å². The van der Waals surface area contributed by atoms with Crippen molar-refractivity contribution in [1.29, 1.82) is 0 Å². The first-order chi connectivity index (χ1) is 13.5. The molecule has 1 fully saturated rings. The molecular weight excluding hydrogens is 366 g/mol. The van der Waals surface area contributed by atoms with Crippen molar-refractivity contribution >= 4 is 5.91 Å². The highest BCUT2D eigenvalue weighted by molar-refractivity contribution is 5.97. The molecule has 2 heterocycles. The maximum atomic E-state index is 13.4. The lowest BCUT2D eigenvalue weighted by molar-refractivity contribution is 0.00381. The normalized spacial score (nSPS) is 18.8. The Bertz CT molecular complexity index is 895. The summed E-state index contributed by atoms with van der Waals surface area (Å²) in [4.78, 5) is 14.6. The van der Waals surface area contributed by atoms with Crippen LogP contribution in [0.5, 0.6) is 11.5 Å². The second kappa shape index (κ2) is 7.39. The number of piperidine rings is 1. The monoisotopic (exact) mass is 388 g/mol. The van der Waals surface area contributed by atoms with E-state index in [0.717, 1.165) is 24.7 Å². The van der Waals surface area contributed by atoms with E-state index in [0.29, 0.717) is 43.0 Å². The van der Waals surface area contributed by atoms with Crippen LogP contribution in [-0.4, -0.2) is 43.2 Å². The van der Waals surface area contributed by atoms with E-state index in [1.807, 2.05) is 0 Å². The Balaban J connectivity index is 1.46. The first-order valence-electron chi connectivity index (χ1n) is 9.30. The minimum atomic E-state index is -0.835. The van der Waals surface area contributed by atoms with Gasteiger partial charge in [-0.2, -0.15) is 0 Å². The molecule has 0 unspecified atom stereocenters. The van der Waals surface area contributed by atoms with Crippen molar-refractivity contribution in [2.75, 3.05) is 26.7 Å². The van der Waals surface area contributed by atoms with Crippen molar-refractivity contribution in [3.8, 4) is 11.5 Å². The van der Waals surface area contributed by atoms with Crippen LogP contribution in [-0.2, 0) is 6.54 Å². The van der Waals surface area contributed by atoms with Gasteiger partial charge in [0.15, 0.2) is 11.6 Å². The SMILES string of the molecule is COc1ccc2c(c1)OC1(CCN(Cc3ccc(F)c(F)c3)CC1)CNC2=O. The molecule has 0 aliphatic carbocycles. The Kier molecular flexibility index (Phi) is 4.93. The van der Waals surface area contributed by atoms with Gasteiger partial charge in [-0.15, -0.1) is 0 Å². The third kappa shape index (κ3) is 3.67. The highest BCUT2D eigenvalue weighted by atomic mass is 19.2. The molecule has 0 atom stereocenters. The van der Waals surface area contributed by atoms with Gasteiger partial charge in [-0.1, -0.05) is 6.07 Å². The Labute approximate surface area is 162 Å². The molecule has 2 aromatic rings. The minimum Gasteiger partial charge on any atom is -0.497 e. The number of nitrogens with one attached hydrogen (secondary N) is 1. The summed E-state index contributed by atoms with van der Waals surface area (Å²) in [5.41, 5.74) is 0.750. The molecule has 2 aromatic carbocycles. The van der Waals surface area contributed by atoms with Crippen LogP contribution in [0.1, 0.15) is 28.8 Å². The fourth-order valence-corrected chi connectivity index (χ4v) is 3.80. The molecule has 4 rings (SSSR count). The minimum absolute atomic E-state index is 0.154. The van der Waals surface area contributed by atoms with Crippen LogP contribution in [0.3, 0.4) is 0 Å². The second-order valence-corrected chi connectivity index (χ2v) is 7.35. The maximum absolute atomic E-state index is 13.4. The number of carbonyl (C=O) groups is 1. The summed E-state index contributed by atoms with van der Waals surface area (Å²) in [7, 11) is 1.57. The summed E-state index contributed by atoms with van der Waals surface area (Å²) in [5, 5.41) is 2.96. The largest absolute Gasteiger partial charge is 0.497 e. The van der Waals surface area contributed by atoms with Crippen LogP contribution < -0.4 is 14.8 Å². The van der Waals surface area contributed by atoms with Crippen molar-refractivity contribution in [3.05, 3.63) is 59.2 Å². The van der Waals surface area contributed by atoms with E-state index in [1.165, 1.54) is 6.07 Å². The predicted molar refractivity (Wildman–Crippen MR) is 99.6 cm³/mol. The number of fused-ring (bicyclic) bond motifs is 1. The van der Waals surface area contributed by atoms with E-state index in [-0.39, 0.29) is 5.91 Å². The molecule has 1 saturated heterocycles. The van der Waals surface area contributed by atoms with Crippen LogP contribution in [0.4, 0.5) is 8.78 Å². The van der Waals surface area contributed by atoms with Crippen LogP contribution >= 0.6 is 0 Å². The molecule has 28 heavy (non-hydrogen) atoms. The lowest BCUT2D eigenvalue weighted by Gasteiger charge is -2.41. The molecule has 1 amide bonds. The highest BCUT2D eigenvalue weighted by Crippen LogP contribution is 2.35. The van der Waals surface area contributed by atoms with E-state index in [1.54, 1.807) is 31.4 Å². The summed E-state index contributed by atoms with van der Waals surface area (Å²) in [6, 6.07) is 9.20. The molecule has 0 saturated carbocycles. The van der Waals surface area contributed by atoms with Crippen LogP contribution in [0.25, 0.3) is 0 Å². The topological polar surface area (TPSA) is 50.8 Å². The van der Waals surface area contributed by atoms with Gasteiger partial charge in [0, 0.05) is 38.5 Å². The number of likely N-dealkylation sites (tertiary alicyclic amines) is 1. The first kappa shape index (κ1) is 18.7. The van der Waals surface area contributed by atoms with Crippen molar-refractivity contribution in [2.24, 2.45) is 0 Å². The van der Waals surface area contributed by atoms with E-state index in [9.17, 15) is 13.6 Å². The molecule has 0 bridgehead atoms. The van der Waals surface area contributed by atoms with Crippen molar-refractivity contribution in [2.45, 2.75) is 25.0 Å². The summed E-state index contributed by atoms with van der Waals surface area (Å²) in [6.45, 7) is 2.44. The zero-order valence-electron chi connectivity index (χ0n) is 15.6. The standard InChI is InChI=1S/C21H22F2N2O3/c1-27-15-3-4-16-19(11-15)28-21(13-24-20(16)26)6-8-25(9-7-21)12-14-2-5-17(22)18(23)10-14/h2-5,10-11H,6-9,12-13H2,1H3,(H,24,26). The smallest absolute Gasteiger partial charge is 0.255 e. The van der Waals surface area contributed by atoms with Crippen molar-refractivity contribution < 1.29 is 23.0 Å². The number of amides is 1. The molecule has 148 valence electrons. The average Bonchev–Trinajstić information content (AvgIpc) is 2.83. The molecule has 2 aliphatic rings. The van der Waals surface area contributed by atoms with Gasteiger partial charge in [0.1, 0.15) is 17.1 Å². The lowest BCUT2D eigenvalue weighted by Crippen LogP contribution is -2.53. The Morgan fingerprint density at radius 1 is 1.14 bits per heavy atom. The number of nitrogens with zero attached hydrogens (tertiary/aromatic N) is 1. The van der Waals surface area contributed by atoms with Crippen molar-refractivity contribution in [3.63, 3.8) is 0 Å². The average molecular weight is 388 g/mol. The molecular formula is C21H22F2N2O3. The quantitative estimate of drug-likeness (QED) is 0.878. The molecule has 5 nitrogen and oxygen atoms in total. The molecule has 7 heteroatoms.